The van der Waals surface area contributed by atoms with Crippen LogP contribution < -0.4 is 5.32 Å². The molecule has 0 saturated carbocycles. The fourth-order valence-electron chi connectivity index (χ4n) is 2.47. The third-order valence-electron chi connectivity index (χ3n) is 4.36. The van der Waals surface area contributed by atoms with Crippen LogP contribution in [0.25, 0.3) is 0 Å². The first-order valence-electron chi connectivity index (χ1n) is 7.41. The maximum Gasteiger partial charge on any atom is 0.223 e. The number of likely N-dealkylation sites (tertiary alicyclic amines) is 1. The third kappa shape index (κ3) is 4.97. The minimum absolute atomic E-state index is 0.153. The zero-order valence-corrected chi connectivity index (χ0v) is 12.6. The molecule has 106 valence electrons. The van der Waals surface area contributed by atoms with Crippen molar-refractivity contribution < 1.29 is 4.79 Å². The summed E-state index contributed by atoms with van der Waals surface area (Å²) in [6.07, 6.45) is 5.38. The maximum atomic E-state index is 12.2. The predicted molar refractivity (Wildman–Crippen MR) is 76.5 cm³/mol. The van der Waals surface area contributed by atoms with E-state index in [1.807, 2.05) is 7.05 Å². The lowest BCUT2D eigenvalue weighted by molar-refractivity contribution is -0.134. The van der Waals surface area contributed by atoms with Crippen LogP contribution in [0, 0.1) is 11.3 Å². The summed E-state index contributed by atoms with van der Waals surface area (Å²) in [4.78, 5) is 14.3. The minimum Gasteiger partial charge on any atom is -0.343 e. The van der Waals surface area contributed by atoms with Crippen LogP contribution in [0.4, 0.5) is 0 Å². The molecule has 0 aromatic heterocycles. The van der Waals surface area contributed by atoms with Crippen LogP contribution in [-0.4, -0.2) is 37.5 Å². The van der Waals surface area contributed by atoms with Gasteiger partial charge < -0.3 is 10.2 Å². The number of piperidine rings is 1. The zero-order chi connectivity index (χ0) is 13.6. The molecule has 0 spiro atoms. The van der Waals surface area contributed by atoms with E-state index in [-0.39, 0.29) is 5.41 Å². The monoisotopic (exact) mass is 254 g/mol. The molecule has 0 aromatic rings. The first-order valence-corrected chi connectivity index (χ1v) is 7.41. The van der Waals surface area contributed by atoms with Gasteiger partial charge in [-0.2, -0.15) is 0 Å². The first-order chi connectivity index (χ1) is 8.48. The molecular weight excluding hydrogens is 224 g/mol. The van der Waals surface area contributed by atoms with Crippen LogP contribution >= 0.6 is 0 Å². The molecule has 0 bridgehead atoms. The van der Waals surface area contributed by atoms with Gasteiger partial charge in [-0.1, -0.05) is 27.2 Å². The molecule has 1 amide bonds. The molecule has 1 saturated heterocycles. The van der Waals surface area contributed by atoms with Crippen molar-refractivity contribution in [2.45, 2.75) is 52.9 Å². The Morgan fingerprint density at radius 1 is 1.33 bits per heavy atom. The normalized spacial score (nSPS) is 18.1. The Morgan fingerprint density at radius 3 is 2.44 bits per heavy atom. The van der Waals surface area contributed by atoms with E-state index in [0.717, 1.165) is 32.0 Å². The Morgan fingerprint density at radius 2 is 1.94 bits per heavy atom. The van der Waals surface area contributed by atoms with Gasteiger partial charge in [0.2, 0.25) is 5.91 Å². The maximum absolute atomic E-state index is 12.2. The molecule has 1 fully saturated rings. The van der Waals surface area contributed by atoms with Gasteiger partial charge in [0.05, 0.1) is 0 Å². The molecule has 0 aromatic carbocycles. The summed E-state index contributed by atoms with van der Waals surface area (Å²) in [5.74, 6) is 1.16. The molecule has 1 aliphatic heterocycles. The fourth-order valence-corrected chi connectivity index (χ4v) is 2.47. The highest BCUT2D eigenvalue weighted by Gasteiger charge is 2.26. The number of rotatable bonds is 6. The first kappa shape index (κ1) is 15.5. The van der Waals surface area contributed by atoms with Crippen molar-refractivity contribution in [3.05, 3.63) is 0 Å². The molecule has 1 rings (SSSR count). The van der Waals surface area contributed by atoms with Crippen molar-refractivity contribution in [3.8, 4) is 0 Å². The predicted octanol–water partition coefficient (Wildman–Crippen LogP) is 2.66. The second-order valence-corrected chi connectivity index (χ2v) is 6.41. The van der Waals surface area contributed by atoms with Crippen molar-refractivity contribution in [2.24, 2.45) is 11.3 Å². The fraction of sp³-hybridized carbons (Fsp3) is 0.933. The standard InChI is InChI=1S/C15H30N2O/c1-5-15(2,3)12-14(18)17-10-7-13(8-11-17)6-9-16-4/h13,16H,5-12H2,1-4H3. The van der Waals surface area contributed by atoms with Gasteiger partial charge >= 0.3 is 0 Å². The number of amides is 1. The Labute approximate surface area is 112 Å². The topological polar surface area (TPSA) is 32.3 Å². The van der Waals surface area contributed by atoms with E-state index in [9.17, 15) is 4.79 Å². The molecule has 3 heteroatoms. The molecule has 0 unspecified atom stereocenters. The highest BCUT2D eigenvalue weighted by Crippen LogP contribution is 2.27. The average Bonchev–Trinajstić information content (AvgIpc) is 2.36. The number of nitrogens with zero attached hydrogens (tertiary/aromatic N) is 1. The third-order valence-corrected chi connectivity index (χ3v) is 4.36. The van der Waals surface area contributed by atoms with Gasteiger partial charge in [0.25, 0.3) is 0 Å². The molecule has 0 radical (unpaired) electrons. The van der Waals surface area contributed by atoms with Crippen LogP contribution in [0.5, 0.6) is 0 Å². The van der Waals surface area contributed by atoms with Crippen molar-refractivity contribution in [1.82, 2.24) is 10.2 Å². The number of hydrogen-bond acceptors (Lipinski definition) is 2. The van der Waals surface area contributed by atoms with Crippen molar-refractivity contribution in [3.63, 3.8) is 0 Å². The van der Waals surface area contributed by atoms with Crippen molar-refractivity contribution in [1.29, 1.82) is 0 Å². The summed E-state index contributed by atoms with van der Waals surface area (Å²) >= 11 is 0. The van der Waals surface area contributed by atoms with E-state index in [1.54, 1.807) is 0 Å². The minimum atomic E-state index is 0.153. The summed E-state index contributed by atoms with van der Waals surface area (Å²) in [6, 6.07) is 0. The smallest absolute Gasteiger partial charge is 0.223 e. The van der Waals surface area contributed by atoms with Crippen molar-refractivity contribution >= 4 is 5.91 Å². The molecule has 1 heterocycles. The number of carbonyl (C=O) groups excluding carboxylic acids is 1. The Hall–Kier alpha value is -0.570. The van der Waals surface area contributed by atoms with Crippen molar-refractivity contribution in [2.75, 3.05) is 26.7 Å². The Balaban J connectivity index is 2.32. The molecular formula is C15H30N2O. The van der Waals surface area contributed by atoms with Gasteiger partial charge in [-0.05, 0) is 44.2 Å². The number of nitrogens with one attached hydrogen (secondary N) is 1. The van der Waals surface area contributed by atoms with E-state index in [1.165, 1.54) is 19.3 Å². The van der Waals surface area contributed by atoms with E-state index < -0.39 is 0 Å². The van der Waals surface area contributed by atoms with E-state index in [2.05, 4.69) is 31.0 Å². The molecule has 0 atom stereocenters. The zero-order valence-electron chi connectivity index (χ0n) is 12.6. The summed E-state index contributed by atoms with van der Waals surface area (Å²) in [5.41, 5.74) is 0.153. The van der Waals surface area contributed by atoms with Crippen LogP contribution in [0.3, 0.4) is 0 Å². The molecule has 0 aliphatic carbocycles. The largest absolute Gasteiger partial charge is 0.343 e. The molecule has 18 heavy (non-hydrogen) atoms. The highest BCUT2D eigenvalue weighted by atomic mass is 16.2. The Kier molecular flexibility index (Phi) is 6.13. The van der Waals surface area contributed by atoms with Crippen LogP contribution in [0.1, 0.15) is 52.9 Å². The number of hydrogen-bond donors (Lipinski definition) is 1. The van der Waals surface area contributed by atoms with E-state index in [4.69, 9.17) is 0 Å². The van der Waals surface area contributed by atoms with Gasteiger partial charge in [0.1, 0.15) is 0 Å². The van der Waals surface area contributed by atoms with Crippen LogP contribution in [0.2, 0.25) is 0 Å². The summed E-state index contributed by atoms with van der Waals surface area (Å²) < 4.78 is 0. The van der Waals surface area contributed by atoms with E-state index in [0.29, 0.717) is 12.3 Å². The quantitative estimate of drug-likeness (QED) is 0.790. The SMILES string of the molecule is CCC(C)(C)CC(=O)N1CCC(CCNC)CC1. The van der Waals surface area contributed by atoms with Gasteiger partial charge in [-0.25, -0.2) is 0 Å². The summed E-state index contributed by atoms with van der Waals surface area (Å²) in [7, 11) is 2.01. The second kappa shape index (κ2) is 7.13. The lowest BCUT2D eigenvalue weighted by Gasteiger charge is -2.34. The lowest BCUT2D eigenvalue weighted by Crippen LogP contribution is -2.40. The second-order valence-electron chi connectivity index (χ2n) is 6.41. The lowest BCUT2D eigenvalue weighted by atomic mass is 9.85. The number of carbonyl (C=O) groups is 1. The van der Waals surface area contributed by atoms with Crippen LogP contribution in [-0.2, 0) is 4.79 Å². The van der Waals surface area contributed by atoms with E-state index >= 15 is 0 Å². The average molecular weight is 254 g/mol. The molecule has 1 aliphatic rings. The summed E-state index contributed by atoms with van der Waals surface area (Å²) in [6.45, 7) is 9.56. The molecule has 3 nitrogen and oxygen atoms in total. The van der Waals surface area contributed by atoms with Gasteiger partial charge in [0, 0.05) is 19.5 Å². The van der Waals surface area contributed by atoms with Crippen LogP contribution in [0.15, 0.2) is 0 Å². The summed E-state index contributed by atoms with van der Waals surface area (Å²) in [5, 5.41) is 3.21. The Bertz CT molecular complexity index is 255. The van der Waals surface area contributed by atoms with Gasteiger partial charge in [-0.3, -0.25) is 4.79 Å². The van der Waals surface area contributed by atoms with Gasteiger partial charge in [0.15, 0.2) is 0 Å². The molecule has 1 N–H and O–H groups in total. The highest BCUT2D eigenvalue weighted by molar-refractivity contribution is 5.76. The van der Waals surface area contributed by atoms with Gasteiger partial charge in [-0.15, -0.1) is 0 Å².